The van der Waals surface area contributed by atoms with Gasteiger partial charge in [0, 0.05) is 34.9 Å². The number of hydrogen-bond donors (Lipinski definition) is 3. The highest BCUT2D eigenvalue weighted by atomic mass is 19.4. The van der Waals surface area contributed by atoms with Crippen molar-refractivity contribution in [2.45, 2.75) is 18.6 Å². The number of benzene rings is 3. The number of methoxy groups -OCH3 is 3. The number of anilines is 4. The van der Waals surface area contributed by atoms with Crippen LogP contribution >= 0.6 is 0 Å². The maximum Gasteiger partial charge on any atom is 0.416 e. The number of nitrogens with one attached hydrogen (secondary N) is 2. The van der Waals surface area contributed by atoms with Gasteiger partial charge < -0.3 is 30.6 Å². The van der Waals surface area contributed by atoms with Gasteiger partial charge >= 0.3 is 6.18 Å². The Balaban J connectivity index is 1.38. The van der Waals surface area contributed by atoms with Crippen molar-refractivity contribution in [3.05, 3.63) is 89.9 Å². The minimum atomic E-state index is -4.46. The van der Waals surface area contributed by atoms with Crippen molar-refractivity contribution in [1.82, 2.24) is 15.0 Å². The summed E-state index contributed by atoms with van der Waals surface area (Å²) in [5.74, 6) is 2.08. The second-order valence-electron chi connectivity index (χ2n) is 10.2. The number of nitrogens with zero attached hydrogens (tertiary/aromatic N) is 4. The minimum absolute atomic E-state index is 0.215. The molecule has 10 nitrogen and oxygen atoms in total. The van der Waals surface area contributed by atoms with Gasteiger partial charge in [0.1, 0.15) is 12.0 Å². The predicted octanol–water partition coefficient (Wildman–Crippen LogP) is 7.07. The quantitative estimate of drug-likeness (QED) is 0.176. The maximum absolute atomic E-state index is 13.3. The van der Waals surface area contributed by atoms with E-state index in [4.69, 9.17) is 24.9 Å². The zero-order valence-corrected chi connectivity index (χ0v) is 24.4. The lowest BCUT2D eigenvalue weighted by molar-refractivity contribution is -0.137. The van der Waals surface area contributed by atoms with E-state index in [0.29, 0.717) is 52.0 Å². The number of nitrogen functional groups attached to an aromatic ring is 1. The Labute approximate surface area is 256 Å². The number of ether oxygens (including phenoxy) is 3. The van der Waals surface area contributed by atoms with E-state index in [0.717, 1.165) is 28.9 Å². The minimum Gasteiger partial charge on any atom is -0.493 e. The van der Waals surface area contributed by atoms with Gasteiger partial charge in [-0.15, -0.1) is 0 Å². The molecule has 1 unspecified atom stereocenters. The second-order valence-corrected chi connectivity index (χ2v) is 10.2. The first-order chi connectivity index (χ1) is 21.7. The van der Waals surface area contributed by atoms with Crippen molar-refractivity contribution >= 4 is 45.3 Å². The molecule has 13 heteroatoms. The summed E-state index contributed by atoms with van der Waals surface area (Å²) >= 11 is 0. The van der Waals surface area contributed by atoms with E-state index in [-0.39, 0.29) is 17.4 Å². The third kappa shape index (κ3) is 5.84. The Morgan fingerprint density at radius 1 is 0.911 bits per heavy atom. The summed E-state index contributed by atoms with van der Waals surface area (Å²) in [5, 5.41) is 7.36. The number of halogens is 3. The highest BCUT2D eigenvalue weighted by Crippen LogP contribution is 2.42. The van der Waals surface area contributed by atoms with Gasteiger partial charge in [0.15, 0.2) is 23.1 Å². The highest BCUT2D eigenvalue weighted by molar-refractivity contribution is 6.05. The maximum atomic E-state index is 13.3. The first-order valence-corrected chi connectivity index (χ1v) is 13.8. The third-order valence-electron chi connectivity index (χ3n) is 7.44. The van der Waals surface area contributed by atoms with Gasteiger partial charge in [-0.05, 0) is 48.0 Å². The van der Waals surface area contributed by atoms with Crippen LogP contribution in [0.25, 0.3) is 10.9 Å². The molecule has 1 aliphatic heterocycles. The van der Waals surface area contributed by atoms with Crippen LogP contribution in [0.1, 0.15) is 29.2 Å². The third-order valence-corrected chi connectivity index (χ3v) is 7.44. The standard InChI is InChI=1S/C32H28F3N7O3/c1-43-26-12-18(13-27(44-2)29(26)45-3)24-15-23(42-31-28(41-24)30(36)38-16-39-31)17-5-4-6-20(11-17)40-22-9-10-37-25-14-19(32(33,34)35)7-8-21(22)25/h4-14,16,23H,15H2,1-3H3,(H,37,40)(H3,36,38,39,42). The van der Waals surface area contributed by atoms with Crippen LogP contribution in [0.5, 0.6) is 17.2 Å². The first kappa shape index (κ1) is 29.5. The van der Waals surface area contributed by atoms with E-state index in [1.54, 1.807) is 20.3 Å². The van der Waals surface area contributed by atoms with E-state index in [2.05, 4.69) is 25.6 Å². The Morgan fingerprint density at radius 2 is 1.69 bits per heavy atom. The lowest BCUT2D eigenvalue weighted by Crippen LogP contribution is -2.15. The number of fused-ring (bicyclic) bond motifs is 2. The summed E-state index contributed by atoms with van der Waals surface area (Å²) in [6.45, 7) is 0. The summed E-state index contributed by atoms with van der Waals surface area (Å²) in [7, 11) is 4.62. The smallest absolute Gasteiger partial charge is 0.416 e. The van der Waals surface area contributed by atoms with Crippen LogP contribution in [0.4, 0.5) is 41.9 Å². The van der Waals surface area contributed by atoms with E-state index in [1.165, 1.54) is 25.7 Å². The van der Waals surface area contributed by atoms with Gasteiger partial charge in [0.05, 0.1) is 44.2 Å². The van der Waals surface area contributed by atoms with Crippen molar-refractivity contribution in [1.29, 1.82) is 0 Å². The van der Waals surface area contributed by atoms with Crippen molar-refractivity contribution in [3.63, 3.8) is 0 Å². The molecule has 0 aliphatic carbocycles. The molecule has 6 rings (SSSR count). The molecule has 1 atom stereocenters. The molecule has 4 N–H and O–H groups in total. The molecule has 2 aromatic heterocycles. The Kier molecular flexibility index (Phi) is 7.75. The molecule has 5 aromatic rings. The lowest BCUT2D eigenvalue weighted by atomic mass is 9.96. The number of aliphatic imine (C=N–C) groups is 1. The van der Waals surface area contributed by atoms with E-state index >= 15 is 0 Å². The molecular weight excluding hydrogens is 587 g/mol. The van der Waals surface area contributed by atoms with Gasteiger partial charge in [0.25, 0.3) is 0 Å². The molecule has 230 valence electrons. The molecule has 3 aromatic carbocycles. The molecule has 1 aliphatic rings. The number of rotatable bonds is 7. The number of nitrogens with two attached hydrogens (primary N) is 1. The molecule has 0 amide bonds. The average Bonchev–Trinajstić information content (AvgIpc) is 3.25. The first-order valence-electron chi connectivity index (χ1n) is 13.8. The SMILES string of the molecule is COc1cc(C2=Nc3c(N)ncnc3NC(c3cccc(Nc4ccnc5cc(C(F)(F)F)ccc45)c3)C2)cc(OC)c1OC. The summed E-state index contributed by atoms with van der Waals surface area (Å²) in [6.07, 6.45) is -1.20. The van der Waals surface area contributed by atoms with E-state index in [1.807, 2.05) is 36.4 Å². The fraction of sp³-hybridized carbons (Fsp3) is 0.188. The zero-order valence-electron chi connectivity index (χ0n) is 24.4. The summed E-state index contributed by atoms with van der Waals surface area (Å²) in [5.41, 5.74) is 9.74. The van der Waals surface area contributed by atoms with Crippen molar-refractivity contribution in [3.8, 4) is 17.2 Å². The molecule has 0 saturated carbocycles. The summed E-state index contributed by atoms with van der Waals surface area (Å²) in [4.78, 5) is 17.6. The highest BCUT2D eigenvalue weighted by Gasteiger charge is 2.31. The largest absolute Gasteiger partial charge is 0.493 e. The molecule has 0 spiro atoms. The Morgan fingerprint density at radius 3 is 2.40 bits per heavy atom. The van der Waals surface area contributed by atoms with E-state index in [9.17, 15) is 13.2 Å². The summed E-state index contributed by atoms with van der Waals surface area (Å²) < 4.78 is 56.5. The monoisotopic (exact) mass is 615 g/mol. The summed E-state index contributed by atoms with van der Waals surface area (Å²) in [6, 6.07) is 16.2. The van der Waals surface area contributed by atoms with Gasteiger partial charge in [-0.25, -0.2) is 15.0 Å². The van der Waals surface area contributed by atoms with Crippen LogP contribution in [0.2, 0.25) is 0 Å². The van der Waals surface area contributed by atoms with Crippen LogP contribution in [0.3, 0.4) is 0 Å². The molecule has 0 bridgehead atoms. The van der Waals surface area contributed by atoms with Crippen molar-refractivity contribution < 1.29 is 27.4 Å². The normalized spacial score (nSPS) is 14.5. The van der Waals surface area contributed by atoms with E-state index < -0.39 is 11.7 Å². The molecule has 3 heterocycles. The van der Waals surface area contributed by atoms with Gasteiger partial charge in [-0.2, -0.15) is 13.2 Å². The van der Waals surface area contributed by atoms with Gasteiger partial charge in [-0.1, -0.05) is 18.2 Å². The van der Waals surface area contributed by atoms with Crippen LogP contribution in [0.15, 0.2) is 78.2 Å². The fourth-order valence-corrected chi connectivity index (χ4v) is 5.25. The Hall–Kier alpha value is -5.59. The molecule has 0 saturated heterocycles. The molecule has 0 fully saturated rings. The molecule has 45 heavy (non-hydrogen) atoms. The van der Waals surface area contributed by atoms with Gasteiger partial charge in [0.2, 0.25) is 5.75 Å². The number of pyridine rings is 1. The fourth-order valence-electron chi connectivity index (χ4n) is 5.25. The Bertz CT molecular complexity index is 1910. The lowest BCUT2D eigenvalue weighted by Gasteiger charge is -2.21. The van der Waals surface area contributed by atoms with Crippen LogP contribution in [-0.4, -0.2) is 42.0 Å². The second kappa shape index (κ2) is 11.8. The van der Waals surface area contributed by atoms with Crippen LogP contribution in [0, 0.1) is 0 Å². The molecular formula is C32H28F3N7O3. The van der Waals surface area contributed by atoms with Crippen LogP contribution in [-0.2, 0) is 6.18 Å². The van der Waals surface area contributed by atoms with Crippen molar-refractivity contribution in [2.75, 3.05) is 37.7 Å². The number of alkyl halides is 3. The van der Waals surface area contributed by atoms with Gasteiger partial charge in [-0.3, -0.25) is 4.98 Å². The molecule has 0 radical (unpaired) electrons. The van der Waals surface area contributed by atoms with Crippen molar-refractivity contribution in [2.24, 2.45) is 4.99 Å². The number of hydrogen-bond acceptors (Lipinski definition) is 10. The number of aromatic nitrogens is 3. The zero-order chi connectivity index (χ0) is 31.7. The van der Waals surface area contributed by atoms with Crippen LogP contribution < -0.4 is 30.6 Å². The average molecular weight is 616 g/mol. The topological polar surface area (TPSA) is 129 Å². The predicted molar refractivity (Wildman–Crippen MR) is 166 cm³/mol.